The molecule has 0 N–H and O–H groups in total. The summed E-state index contributed by atoms with van der Waals surface area (Å²) in [7, 11) is 1.47. The number of alkyl halides is 1. The van der Waals surface area contributed by atoms with Gasteiger partial charge in [-0.25, -0.2) is 22.9 Å². The SMILES string of the molecule is C#Cc1c(F)ccc2cc(OCOC)cc(-c3nc4c5c(nc(OCC67CCCN6CC(F)C7)nc5c3F)N3CC5CCC(C3CO4)N5C(=O)OC(C)(C)C)c12. The van der Waals surface area contributed by atoms with Crippen molar-refractivity contribution in [3.63, 3.8) is 0 Å². The molecule has 0 aliphatic carbocycles. The van der Waals surface area contributed by atoms with E-state index in [1.54, 1.807) is 11.0 Å². The second kappa shape index (κ2) is 13.5. The minimum Gasteiger partial charge on any atom is -0.475 e. The van der Waals surface area contributed by atoms with E-state index in [4.69, 9.17) is 40.1 Å². The molecule has 15 heteroatoms. The maximum Gasteiger partial charge on any atom is 0.410 e. The minimum absolute atomic E-state index is 0.0543. The van der Waals surface area contributed by atoms with Gasteiger partial charge in [0.05, 0.1) is 29.2 Å². The Morgan fingerprint density at radius 1 is 1.09 bits per heavy atom. The van der Waals surface area contributed by atoms with Gasteiger partial charge in [0.2, 0.25) is 5.88 Å². The van der Waals surface area contributed by atoms with Crippen molar-refractivity contribution in [3.05, 3.63) is 41.5 Å². The number of terminal acetylenes is 1. The van der Waals surface area contributed by atoms with E-state index < -0.39 is 41.1 Å². The van der Waals surface area contributed by atoms with Crippen molar-refractivity contribution >= 4 is 33.6 Å². The van der Waals surface area contributed by atoms with Crippen LogP contribution in [0.4, 0.5) is 23.8 Å². The number of anilines is 1. The molecule has 2 aromatic heterocycles. The van der Waals surface area contributed by atoms with Crippen LogP contribution in [0.2, 0.25) is 0 Å². The Bertz CT molecular complexity index is 2300. The predicted octanol–water partition coefficient (Wildman–Crippen LogP) is 6.39. The number of nitrogens with zero attached hydrogens (tertiary/aromatic N) is 6. The van der Waals surface area contributed by atoms with Gasteiger partial charge in [0.1, 0.15) is 59.0 Å². The van der Waals surface area contributed by atoms with E-state index in [1.807, 2.05) is 25.7 Å². The molecule has 4 aromatic rings. The quantitative estimate of drug-likeness (QED) is 0.154. The Balaban J connectivity index is 1.21. The summed E-state index contributed by atoms with van der Waals surface area (Å²) < 4.78 is 77.2. The largest absolute Gasteiger partial charge is 0.475 e. The molecule has 5 aliphatic rings. The third kappa shape index (κ3) is 6.00. The van der Waals surface area contributed by atoms with Crippen LogP contribution in [0.25, 0.3) is 32.9 Å². The number of hydrogen-bond acceptors (Lipinski definition) is 11. The first kappa shape index (κ1) is 36.6. The third-order valence-corrected chi connectivity index (χ3v) is 11.8. The van der Waals surface area contributed by atoms with Crippen LogP contribution in [-0.2, 0) is 9.47 Å². The number of fused-ring (bicyclic) bond motifs is 7. The Morgan fingerprint density at radius 2 is 1.93 bits per heavy atom. The Morgan fingerprint density at radius 3 is 2.71 bits per heavy atom. The number of piperazine rings is 1. The molecule has 7 heterocycles. The lowest BCUT2D eigenvalue weighted by molar-refractivity contribution is 0.00537. The van der Waals surface area contributed by atoms with Crippen LogP contribution in [0.1, 0.15) is 58.4 Å². The molecule has 1 amide bonds. The Hall–Kier alpha value is -5.07. The number of hydrogen-bond donors (Lipinski definition) is 0. The third-order valence-electron chi connectivity index (χ3n) is 11.8. The molecule has 5 unspecified atom stereocenters. The second-order valence-corrected chi connectivity index (χ2v) is 16.4. The number of carbonyl (C=O) groups excluding carboxylic acids is 1. The first-order chi connectivity index (χ1) is 26.9. The van der Waals surface area contributed by atoms with E-state index in [-0.39, 0.29) is 77.1 Å². The summed E-state index contributed by atoms with van der Waals surface area (Å²) in [6.07, 6.45) is 7.89. The van der Waals surface area contributed by atoms with E-state index in [0.29, 0.717) is 42.9 Å². The summed E-state index contributed by atoms with van der Waals surface area (Å²) in [6, 6.07) is 4.97. The zero-order chi connectivity index (χ0) is 39.1. The van der Waals surface area contributed by atoms with Gasteiger partial charge in [0, 0.05) is 37.6 Å². The molecule has 56 heavy (non-hydrogen) atoms. The van der Waals surface area contributed by atoms with Gasteiger partial charge in [-0.05, 0) is 76.6 Å². The van der Waals surface area contributed by atoms with E-state index in [9.17, 15) is 9.18 Å². The second-order valence-electron chi connectivity index (χ2n) is 16.4. The zero-order valence-electron chi connectivity index (χ0n) is 31.7. The monoisotopic (exact) mass is 772 g/mol. The summed E-state index contributed by atoms with van der Waals surface area (Å²) in [5.74, 6) is 1.65. The lowest BCUT2D eigenvalue weighted by Gasteiger charge is -2.46. The van der Waals surface area contributed by atoms with Crippen molar-refractivity contribution in [1.82, 2.24) is 24.8 Å². The highest BCUT2D eigenvalue weighted by Crippen LogP contribution is 2.47. The molecule has 4 saturated heterocycles. The van der Waals surface area contributed by atoms with E-state index in [1.165, 1.54) is 25.3 Å². The van der Waals surface area contributed by atoms with Crippen LogP contribution >= 0.6 is 0 Å². The van der Waals surface area contributed by atoms with Crippen LogP contribution in [-0.4, -0.2) is 113 Å². The number of amides is 1. The van der Waals surface area contributed by atoms with Crippen LogP contribution in [0.3, 0.4) is 0 Å². The van der Waals surface area contributed by atoms with Gasteiger partial charge in [0.25, 0.3) is 0 Å². The molecule has 4 fully saturated rings. The van der Waals surface area contributed by atoms with E-state index in [2.05, 4.69) is 15.8 Å². The minimum atomic E-state index is -0.972. The normalized spacial score (nSPS) is 25.5. The fourth-order valence-corrected chi connectivity index (χ4v) is 9.50. The van der Waals surface area contributed by atoms with Crippen LogP contribution < -0.4 is 19.1 Å². The Labute approximate surface area is 322 Å². The van der Waals surface area contributed by atoms with Gasteiger partial charge in [-0.15, -0.1) is 6.42 Å². The molecule has 294 valence electrons. The average Bonchev–Trinajstić information content (AvgIpc) is 3.76. The summed E-state index contributed by atoms with van der Waals surface area (Å²) in [5, 5.41) is 0.970. The molecule has 5 aliphatic heterocycles. The number of halogens is 3. The molecule has 2 aromatic carbocycles. The maximum atomic E-state index is 17.5. The molecule has 5 atom stereocenters. The number of benzene rings is 2. The predicted molar refractivity (Wildman–Crippen MR) is 201 cm³/mol. The van der Waals surface area contributed by atoms with Gasteiger partial charge in [0.15, 0.2) is 12.6 Å². The van der Waals surface area contributed by atoms with Crippen LogP contribution in [0.15, 0.2) is 24.3 Å². The van der Waals surface area contributed by atoms with Crippen molar-refractivity contribution in [1.29, 1.82) is 0 Å². The summed E-state index contributed by atoms with van der Waals surface area (Å²) >= 11 is 0. The first-order valence-electron chi connectivity index (χ1n) is 19.1. The number of methoxy groups -OCH3 is 1. The highest BCUT2D eigenvalue weighted by Gasteiger charge is 2.52. The van der Waals surface area contributed by atoms with Gasteiger partial charge >= 0.3 is 12.1 Å². The first-order valence-corrected chi connectivity index (χ1v) is 19.1. The van der Waals surface area contributed by atoms with Crippen molar-refractivity contribution in [3.8, 4) is 41.2 Å². The molecular formula is C41H43F3N6O6. The zero-order valence-corrected chi connectivity index (χ0v) is 31.7. The molecule has 9 rings (SSSR count). The average molecular weight is 773 g/mol. The lowest BCUT2D eigenvalue weighted by Crippen LogP contribution is -2.63. The fourth-order valence-electron chi connectivity index (χ4n) is 9.50. The summed E-state index contributed by atoms with van der Waals surface area (Å²) in [6.45, 7) is 7.07. The van der Waals surface area contributed by atoms with Crippen LogP contribution in [0, 0.1) is 24.0 Å². The number of aromatic nitrogens is 3. The number of rotatable bonds is 7. The molecule has 2 bridgehead atoms. The van der Waals surface area contributed by atoms with Gasteiger partial charge in [-0.3, -0.25) is 9.80 Å². The number of carbonyl (C=O) groups is 1. The molecule has 0 saturated carbocycles. The number of pyridine rings is 1. The molecular weight excluding hydrogens is 729 g/mol. The summed E-state index contributed by atoms with van der Waals surface area (Å²) in [5.41, 5.74) is -1.46. The molecule has 0 spiro atoms. The standard InChI is InChI=1S/C41H43F3N6O6/c1-6-26-28(43)10-8-22-14-25(55-21-52-5)15-27(31(22)26)34-33(44)35-32-36(47-38(46-35)54-20-41-12-7-13-48(41)17-23(42)16-41)49-18-24-9-11-29(30(49)19-53-37(32)45-34)50(24)39(51)56-40(2,3)4/h1,8,10,14-15,23-24,29-30H,7,9,11-13,16-21H2,2-5H3. The highest BCUT2D eigenvalue weighted by atomic mass is 19.1. The fraction of sp³-hybridized carbons (Fsp3) is 0.512. The van der Waals surface area contributed by atoms with E-state index in [0.717, 1.165) is 25.8 Å². The van der Waals surface area contributed by atoms with Crippen LogP contribution in [0.5, 0.6) is 17.6 Å². The van der Waals surface area contributed by atoms with Crippen molar-refractivity contribution in [2.45, 2.75) is 88.3 Å². The lowest BCUT2D eigenvalue weighted by atomic mass is 9.95. The summed E-state index contributed by atoms with van der Waals surface area (Å²) in [4.78, 5) is 33.9. The smallest absolute Gasteiger partial charge is 0.410 e. The molecule has 12 nitrogen and oxygen atoms in total. The van der Waals surface area contributed by atoms with Crippen molar-refractivity contribution in [2.24, 2.45) is 0 Å². The topological polar surface area (TPSA) is 112 Å². The van der Waals surface area contributed by atoms with Gasteiger partial charge in [-0.2, -0.15) is 9.97 Å². The molecule has 0 radical (unpaired) electrons. The van der Waals surface area contributed by atoms with Gasteiger partial charge in [-0.1, -0.05) is 12.0 Å². The maximum absolute atomic E-state index is 17.5. The number of ether oxygens (including phenoxy) is 5. The van der Waals surface area contributed by atoms with Crippen molar-refractivity contribution < 1.29 is 41.7 Å². The van der Waals surface area contributed by atoms with E-state index >= 15 is 8.78 Å². The Kier molecular flexibility index (Phi) is 8.85. The van der Waals surface area contributed by atoms with Crippen molar-refractivity contribution in [2.75, 3.05) is 51.7 Å². The highest BCUT2D eigenvalue weighted by molar-refractivity contribution is 6.04. The van der Waals surface area contributed by atoms with Gasteiger partial charge < -0.3 is 28.6 Å².